The molecule has 0 amide bonds. The summed E-state index contributed by atoms with van der Waals surface area (Å²) < 4.78 is 45.0. The summed E-state index contributed by atoms with van der Waals surface area (Å²) in [6, 6.07) is 21.1. The number of fused-ring (bicyclic) bond motifs is 1. The Labute approximate surface area is 209 Å². The van der Waals surface area contributed by atoms with Crippen LogP contribution in [0.3, 0.4) is 0 Å². The van der Waals surface area contributed by atoms with Gasteiger partial charge >= 0.3 is 18.1 Å². The Bertz CT molecular complexity index is 1390. The van der Waals surface area contributed by atoms with Crippen molar-refractivity contribution in [1.29, 1.82) is 0 Å². The number of ether oxygens (including phenoxy) is 1. The topological polar surface area (TPSA) is 51.5 Å². The first-order valence-corrected chi connectivity index (χ1v) is 12.5. The van der Waals surface area contributed by atoms with Gasteiger partial charge in [0, 0.05) is 18.7 Å². The number of hydrogen-bond acceptors (Lipinski definition) is 5. The molecule has 1 saturated heterocycles. The molecular weight excluding hydrogens is 489 g/mol. The lowest BCUT2D eigenvalue weighted by Gasteiger charge is -2.18. The number of alkyl halides is 3. The fraction of sp³-hybridized carbons (Fsp3) is 0.259. The first-order valence-electron chi connectivity index (χ1n) is 11.7. The van der Waals surface area contributed by atoms with Crippen LogP contribution in [0.1, 0.15) is 22.5 Å². The average molecular weight is 513 g/mol. The Kier molecular flexibility index (Phi) is 6.68. The molecule has 2 aromatic carbocycles. The van der Waals surface area contributed by atoms with E-state index in [1.54, 1.807) is 0 Å². The van der Waals surface area contributed by atoms with E-state index >= 15 is 0 Å². The Balaban J connectivity index is 1.66. The van der Waals surface area contributed by atoms with E-state index in [9.17, 15) is 22.8 Å². The minimum atomic E-state index is -5.24. The Morgan fingerprint density at radius 3 is 2.11 bits per heavy atom. The van der Waals surface area contributed by atoms with Gasteiger partial charge in [0.05, 0.1) is 15.9 Å². The highest BCUT2D eigenvalue weighted by Crippen LogP contribution is 2.44. The van der Waals surface area contributed by atoms with Crippen LogP contribution in [0, 0.1) is 0 Å². The van der Waals surface area contributed by atoms with Crippen LogP contribution in [-0.4, -0.2) is 47.2 Å². The quantitative estimate of drug-likeness (QED) is 0.222. The van der Waals surface area contributed by atoms with Crippen LogP contribution in [0.15, 0.2) is 66.7 Å². The van der Waals surface area contributed by atoms with Gasteiger partial charge in [0.2, 0.25) is 0 Å². The zero-order valence-electron chi connectivity index (χ0n) is 19.3. The smallest absolute Gasteiger partial charge is 0.382 e. The third-order valence-electron chi connectivity index (χ3n) is 6.30. The first kappa shape index (κ1) is 24.3. The molecule has 0 aliphatic carbocycles. The Hall–Kier alpha value is -3.43. The zero-order valence-corrected chi connectivity index (χ0v) is 20.1. The molecule has 9 heteroatoms. The molecule has 5 nitrogen and oxygen atoms in total. The van der Waals surface area contributed by atoms with Crippen molar-refractivity contribution in [3.63, 3.8) is 0 Å². The van der Waals surface area contributed by atoms with E-state index in [0.717, 1.165) is 76.4 Å². The van der Waals surface area contributed by atoms with Crippen molar-refractivity contribution in [3.05, 3.63) is 71.6 Å². The molecular formula is C27H23F3N2O3S. The minimum absolute atomic E-state index is 0.0516. The summed E-state index contributed by atoms with van der Waals surface area (Å²) >= 11 is 1.04. The molecule has 0 atom stereocenters. The molecule has 1 aliphatic heterocycles. The van der Waals surface area contributed by atoms with Gasteiger partial charge in [0.1, 0.15) is 4.88 Å². The summed E-state index contributed by atoms with van der Waals surface area (Å²) in [4.78, 5) is 26.1. The monoisotopic (exact) mass is 512 g/mol. The number of thiophene rings is 1. The SMILES string of the molecule is O=C(OC(=O)C(F)(F)F)c1cc2c(s1)c(-c1ccccc1)c(-c1ccccc1)n2CCN1CCCC1. The van der Waals surface area contributed by atoms with Crippen molar-refractivity contribution in [1.82, 2.24) is 9.47 Å². The van der Waals surface area contributed by atoms with Gasteiger partial charge in [-0.25, -0.2) is 9.59 Å². The van der Waals surface area contributed by atoms with Crippen molar-refractivity contribution in [2.24, 2.45) is 0 Å². The van der Waals surface area contributed by atoms with E-state index < -0.39 is 18.1 Å². The van der Waals surface area contributed by atoms with Crippen LogP contribution in [0.5, 0.6) is 0 Å². The second-order valence-electron chi connectivity index (χ2n) is 8.66. The fourth-order valence-electron chi connectivity index (χ4n) is 4.67. The van der Waals surface area contributed by atoms with Gasteiger partial charge in [-0.15, -0.1) is 11.3 Å². The molecule has 4 aromatic rings. The number of likely N-dealkylation sites (tertiary alicyclic amines) is 1. The van der Waals surface area contributed by atoms with E-state index in [1.165, 1.54) is 6.07 Å². The van der Waals surface area contributed by atoms with E-state index in [0.29, 0.717) is 6.54 Å². The van der Waals surface area contributed by atoms with Gasteiger partial charge in [-0.3, -0.25) is 0 Å². The number of nitrogens with zero attached hydrogens (tertiary/aromatic N) is 2. The number of carbonyl (C=O) groups is 2. The van der Waals surface area contributed by atoms with Gasteiger partial charge in [0.25, 0.3) is 0 Å². The molecule has 186 valence electrons. The van der Waals surface area contributed by atoms with Crippen molar-refractivity contribution in [2.45, 2.75) is 25.6 Å². The number of carbonyl (C=O) groups excluding carboxylic acids is 2. The predicted molar refractivity (Wildman–Crippen MR) is 133 cm³/mol. The number of hydrogen-bond donors (Lipinski definition) is 0. The molecule has 0 radical (unpaired) electrons. The lowest BCUT2D eigenvalue weighted by atomic mass is 10.0. The third-order valence-corrected chi connectivity index (χ3v) is 7.43. The molecule has 5 rings (SSSR count). The van der Waals surface area contributed by atoms with Gasteiger partial charge in [-0.1, -0.05) is 60.7 Å². The lowest BCUT2D eigenvalue weighted by Crippen LogP contribution is -2.27. The van der Waals surface area contributed by atoms with Crippen LogP contribution >= 0.6 is 11.3 Å². The van der Waals surface area contributed by atoms with Crippen molar-refractivity contribution in [2.75, 3.05) is 19.6 Å². The lowest BCUT2D eigenvalue weighted by molar-refractivity contribution is -0.193. The maximum Gasteiger partial charge on any atom is 0.491 e. The molecule has 2 aromatic heterocycles. The maximum atomic E-state index is 12.7. The maximum absolute atomic E-state index is 12.7. The van der Waals surface area contributed by atoms with Gasteiger partial charge < -0.3 is 14.2 Å². The second kappa shape index (κ2) is 9.91. The number of benzene rings is 2. The molecule has 0 spiro atoms. The normalized spacial score (nSPS) is 14.4. The largest absolute Gasteiger partial charge is 0.491 e. The molecule has 3 heterocycles. The zero-order chi connectivity index (χ0) is 25.3. The standard InChI is InChI=1S/C27H23F3N2O3S/c28-27(29,30)26(34)35-25(33)21-17-20-24(36-21)22(18-9-3-1-4-10-18)23(19-11-5-2-6-12-19)32(20)16-15-31-13-7-8-14-31/h1-6,9-12,17H,7-8,13-16H2. The summed E-state index contributed by atoms with van der Waals surface area (Å²) in [7, 11) is 0. The predicted octanol–water partition coefficient (Wildman–Crippen LogP) is 6.38. The van der Waals surface area contributed by atoms with Crippen LogP contribution < -0.4 is 0 Å². The molecule has 36 heavy (non-hydrogen) atoms. The van der Waals surface area contributed by atoms with E-state index in [4.69, 9.17) is 0 Å². The summed E-state index contributed by atoms with van der Waals surface area (Å²) in [5.41, 5.74) is 4.52. The van der Waals surface area contributed by atoms with Gasteiger partial charge in [-0.2, -0.15) is 13.2 Å². The van der Waals surface area contributed by atoms with E-state index in [2.05, 4.69) is 14.2 Å². The van der Waals surface area contributed by atoms with Gasteiger partial charge in [0.15, 0.2) is 0 Å². The van der Waals surface area contributed by atoms with E-state index in [1.807, 2.05) is 60.7 Å². The van der Waals surface area contributed by atoms with Crippen LogP contribution in [0.25, 0.3) is 32.6 Å². The molecule has 1 aliphatic rings. The number of esters is 2. The average Bonchev–Trinajstić information content (AvgIpc) is 3.59. The highest BCUT2D eigenvalue weighted by atomic mass is 32.1. The van der Waals surface area contributed by atoms with Gasteiger partial charge in [-0.05, 0) is 43.1 Å². The third kappa shape index (κ3) is 4.81. The number of rotatable bonds is 6. The van der Waals surface area contributed by atoms with Crippen LogP contribution in [0.4, 0.5) is 13.2 Å². The second-order valence-corrected chi connectivity index (χ2v) is 9.71. The van der Waals surface area contributed by atoms with Crippen molar-refractivity contribution < 1.29 is 27.5 Å². The molecule has 0 saturated carbocycles. The molecule has 0 bridgehead atoms. The van der Waals surface area contributed by atoms with E-state index in [-0.39, 0.29) is 4.88 Å². The number of aromatic nitrogens is 1. The van der Waals surface area contributed by atoms with Crippen LogP contribution in [-0.2, 0) is 16.1 Å². The molecule has 0 N–H and O–H groups in total. The Morgan fingerprint density at radius 2 is 1.50 bits per heavy atom. The summed E-state index contributed by atoms with van der Waals surface area (Å²) in [5.74, 6) is -3.82. The molecule has 0 unspecified atom stereocenters. The highest BCUT2D eigenvalue weighted by molar-refractivity contribution is 7.21. The highest BCUT2D eigenvalue weighted by Gasteiger charge is 2.43. The fourth-order valence-corrected chi connectivity index (χ4v) is 5.77. The first-order chi connectivity index (χ1) is 17.3. The summed E-state index contributed by atoms with van der Waals surface area (Å²) in [5, 5.41) is 0. The summed E-state index contributed by atoms with van der Waals surface area (Å²) in [6.07, 6.45) is -2.93. The van der Waals surface area contributed by atoms with Crippen LogP contribution in [0.2, 0.25) is 0 Å². The van der Waals surface area contributed by atoms with Crippen molar-refractivity contribution in [3.8, 4) is 22.4 Å². The minimum Gasteiger partial charge on any atom is -0.382 e. The number of halogens is 3. The molecule has 1 fully saturated rings. The van der Waals surface area contributed by atoms with Crippen molar-refractivity contribution >= 4 is 33.5 Å². The summed E-state index contributed by atoms with van der Waals surface area (Å²) in [6.45, 7) is 3.50. The Morgan fingerprint density at radius 1 is 0.889 bits per heavy atom.